The Morgan fingerprint density at radius 3 is 2.46 bits per heavy atom. The zero-order valence-electron chi connectivity index (χ0n) is 8.30. The molecular weight excluding hydrogens is 168 g/mol. The van der Waals surface area contributed by atoms with Gasteiger partial charge in [0.05, 0.1) is 5.69 Å². The molecule has 1 rings (SSSR count). The summed E-state index contributed by atoms with van der Waals surface area (Å²) in [6, 6.07) is -0.230. The van der Waals surface area contributed by atoms with Crippen LogP contribution in [-0.2, 0) is 7.05 Å². The molecule has 0 fully saturated rings. The number of rotatable bonds is 1. The van der Waals surface area contributed by atoms with Gasteiger partial charge in [0.2, 0.25) is 0 Å². The minimum atomic E-state index is -0.230. The first-order valence-corrected chi connectivity index (χ1v) is 4.05. The number of amides is 2. The van der Waals surface area contributed by atoms with Gasteiger partial charge in [0.15, 0.2) is 0 Å². The quantitative estimate of drug-likeness (QED) is 0.674. The summed E-state index contributed by atoms with van der Waals surface area (Å²) in [7, 11) is 3.37. The number of hydrogen-bond acceptors (Lipinski definition) is 2. The van der Waals surface area contributed by atoms with E-state index in [-0.39, 0.29) is 6.03 Å². The molecule has 0 aliphatic carbocycles. The van der Waals surface area contributed by atoms with Crippen molar-refractivity contribution >= 4 is 11.8 Å². The molecule has 0 aliphatic heterocycles. The summed E-state index contributed by atoms with van der Waals surface area (Å²) in [5.74, 6) is 0.733. The summed E-state index contributed by atoms with van der Waals surface area (Å²) in [6.07, 6.45) is 0. The predicted molar refractivity (Wildman–Crippen MR) is 50.8 cm³/mol. The van der Waals surface area contributed by atoms with Crippen LogP contribution >= 0.6 is 0 Å². The van der Waals surface area contributed by atoms with Gasteiger partial charge >= 0.3 is 6.03 Å². The van der Waals surface area contributed by atoms with Crippen molar-refractivity contribution in [3.8, 4) is 0 Å². The summed E-state index contributed by atoms with van der Waals surface area (Å²) in [5, 5.41) is 9.36. The van der Waals surface area contributed by atoms with E-state index in [1.165, 1.54) is 0 Å². The van der Waals surface area contributed by atoms with Gasteiger partial charge in [-0.05, 0) is 13.8 Å². The lowest BCUT2D eigenvalue weighted by Gasteiger charge is -2.05. The van der Waals surface area contributed by atoms with Crippen molar-refractivity contribution in [2.24, 2.45) is 7.05 Å². The number of nitrogens with one attached hydrogen (secondary N) is 2. The van der Waals surface area contributed by atoms with Gasteiger partial charge in [-0.25, -0.2) is 4.79 Å². The van der Waals surface area contributed by atoms with Gasteiger partial charge in [0.1, 0.15) is 5.82 Å². The lowest BCUT2D eigenvalue weighted by atomic mass is 10.3. The van der Waals surface area contributed by atoms with E-state index in [0.29, 0.717) is 0 Å². The normalized spacial score (nSPS) is 9.85. The maximum atomic E-state index is 11.0. The third-order valence-electron chi connectivity index (χ3n) is 1.98. The van der Waals surface area contributed by atoms with E-state index in [9.17, 15) is 4.79 Å². The third kappa shape index (κ3) is 1.80. The highest BCUT2D eigenvalue weighted by Crippen LogP contribution is 2.16. The highest BCUT2D eigenvalue weighted by molar-refractivity contribution is 5.88. The maximum absolute atomic E-state index is 11.0. The van der Waals surface area contributed by atoms with Crippen molar-refractivity contribution in [2.45, 2.75) is 13.8 Å². The van der Waals surface area contributed by atoms with E-state index in [0.717, 1.165) is 17.1 Å². The Kier molecular flexibility index (Phi) is 2.55. The van der Waals surface area contributed by atoms with Gasteiger partial charge in [0, 0.05) is 19.7 Å². The Morgan fingerprint density at radius 2 is 2.08 bits per heavy atom. The lowest BCUT2D eigenvalue weighted by Crippen LogP contribution is -2.26. The molecule has 5 heteroatoms. The minimum absolute atomic E-state index is 0.230. The Hall–Kier alpha value is -1.52. The molecular formula is C8H14N4O. The molecule has 0 radical (unpaired) electrons. The van der Waals surface area contributed by atoms with E-state index in [1.54, 1.807) is 18.8 Å². The fraction of sp³-hybridized carbons (Fsp3) is 0.500. The third-order valence-corrected chi connectivity index (χ3v) is 1.98. The summed E-state index contributed by atoms with van der Waals surface area (Å²) in [4.78, 5) is 11.0. The summed E-state index contributed by atoms with van der Waals surface area (Å²) in [6.45, 7) is 3.83. The summed E-state index contributed by atoms with van der Waals surface area (Å²) < 4.78 is 1.65. The van der Waals surface area contributed by atoms with Crippen LogP contribution in [0.1, 0.15) is 11.3 Å². The number of urea groups is 1. The number of aryl methyl sites for hydroxylation is 2. The topological polar surface area (TPSA) is 59.0 Å². The molecule has 0 saturated carbocycles. The average molecular weight is 182 g/mol. The van der Waals surface area contributed by atoms with E-state index >= 15 is 0 Å². The molecule has 1 aromatic heterocycles. The summed E-state index contributed by atoms with van der Waals surface area (Å²) in [5.41, 5.74) is 1.92. The molecule has 0 aliphatic rings. The standard InChI is InChI=1S/C8H14N4O/c1-5-6(2)11-12(4)7(5)10-8(13)9-3/h1-4H3,(H2,9,10,13). The van der Waals surface area contributed by atoms with Crippen molar-refractivity contribution in [1.29, 1.82) is 0 Å². The maximum Gasteiger partial charge on any atom is 0.320 e. The highest BCUT2D eigenvalue weighted by atomic mass is 16.2. The zero-order valence-corrected chi connectivity index (χ0v) is 8.30. The van der Waals surface area contributed by atoms with Crippen LogP contribution in [0.15, 0.2) is 0 Å². The predicted octanol–water partition coefficient (Wildman–Crippen LogP) is 0.788. The number of hydrogen-bond donors (Lipinski definition) is 2. The van der Waals surface area contributed by atoms with Gasteiger partial charge in [-0.2, -0.15) is 5.10 Å². The molecule has 0 unspecified atom stereocenters. The van der Waals surface area contributed by atoms with Gasteiger partial charge in [0.25, 0.3) is 0 Å². The molecule has 0 atom stereocenters. The summed E-state index contributed by atoms with van der Waals surface area (Å²) >= 11 is 0. The van der Waals surface area contributed by atoms with Crippen molar-refractivity contribution in [3.05, 3.63) is 11.3 Å². The lowest BCUT2D eigenvalue weighted by molar-refractivity contribution is 0.253. The van der Waals surface area contributed by atoms with Crippen LogP contribution in [0.25, 0.3) is 0 Å². The van der Waals surface area contributed by atoms with E-state index in [2.05, 4.69) is 15.7 Å². The van der Waals surface area contributed by atoms with Crippen LogP contribution in [0.2, 0.25) is 0 Å². The van der Waals surface area contributed by atoms with Crippen LogP contribution in [0.3, 0.4) is 0 Å². The van der Waals surface area contributed by atoms with Gasteiger partial charge in [-0.3, -0.25) is 10.00 Å². The highest BCUT2D eigenvalue weighted by Gasteiger charge is 2.10. The number of aromatic nitrogens is 2. The first-order chi connectivity index (χ1) is 6.06. The number of carbonyl (C=O) groups excluding carboxylic acids is 1. The van der Waals surface area contributed by atoms with Crippen LogP contribution < -0.4 is 10.6 Å². The second-order valence-electron chi connectivity index (χ2n) is 2.89. The van der Waals surface area contributed by atoms with E-state index < -0.39 is 0 Å². The monoisotopic (exact) mass is 182 g/mol. The van der Waals surface area contributed by atoms with Gasteiger partial charge < -0.3 is 5.32 Å². The van der Waals surface area contributed by atoms with Gasteiger partial charge in [-0.15, -0.1) is 0 Å². The fourth-order valence-corrected chi connectivity index (χ4v) is 1.11. The second-order valence-corrected chi connectivity index (χ2v) is 2.89. The van der Waals surface area contributed by atoms with Crippen molar-refractivity contribution < 1.29 is 4.79 Å². The molecule has 1 heterocycles. The van der Waals surface area contributed by atoms with Crippen LogP contribution in [-0.4, -0.2) is 22.9 Å². The van der Waals surface area contributed by atoms with Crippen molar-refractivity contribution in [3.63, 3.8) is 0 Å². The Labute approximate surface area is 77.1 Å². The van der Waals surface area contributed by atoms with Crippen LogP contribution in [0, 0.1) is 13.8 Å². The fourth-order valence-electron chi connectivity index (χ4n) is 1.11. The van der Waals surface area contributed by atoms with Crippen LogP contribution in [0.4, 0.5) is 10.6 Å². The van der Waals surface area contributed by atoms with Crippen molar-refractivity contribution in [1.82, 2.24) is 15.1 Å². The Balaban J connectivity index is 2.94. The van der Waals surface area contributed by atoms with Gasteiger partial charge in [-0.1, -0.05) is 0 Å². The molecule has 0 saturated heterocycles. The molecule has 13 heavy (non-hydrogen) atoms. The molecule has 0 aromatic carbocycles. The molecule has 72 valence electrons. The molecule has 1 aromatic rings. The number of anilines is 1. The van der Waals surface area contributed by atoms with Crippen molar-refractivity contribution in [2.75, 3.05) is 12.4 Å². The molecule has 0 spiro atoms. The largest absolute Gasteiger partial charge is 0.341 e. The zero-order chi connectivity index (χ0) is 10.0. The first-order valence-electron chi connectivity index (χ1n) is 4.05. The number of carbonyl (C=O) groups is 1. The molecule has 2 N–H and O–H groups in total. The average Bonchev–Trinajstić information content (AvgIpc) is 2.32. The molecule has 2 amide bonds. The Bertz CT molecular complexity index is 329. The SMILES string of the molecule is CNC(=O)Nc1c(C)c(C)nn1C. The molecule has 0 bridgehead atoms. The minimum Gasteiger partial charge on any atom is -0.341 e. The van der Waals surface area contributed by atoms with E-state index in [4.69, 9.17) is 0 Å². The first kappa shape index (κ1) is 9.57. The number of nitrogens with zero attached hydrogens (tertiary/aromatic N) is 2. The van der Waals surface area contributed by atoms with Crippen LogP contribution in [0.5, 0.6) is 0 Å². The van der Waals surface area contributed by atoms with E-state index in [1.807, 2.05) is 13.8 Å². The molecule has 5 nitrogen and oxygen atoms in total. The Morgan fingerprint density at radius 1 is 1.46 bits per heavy atom. The second kappa shape index (κ2) is 3.47. The smallest absolute Gasteiger partial charge is 0.320 e.